The van der Waals surface area contributed by atoms with Gasteiger partial charge in [0, 0.05) is 17.1 Å². The molecule has 22 heavy (non-hydrogen) atoms. The van der Waals surface area contributed by atoms with Crippen LogP contribution in [0.3, 0.4) is 0 Å². The molecule has 0 spiro atoms. The molecule has 0 bridgehead atoms. The molecule has 120 valence electrons. The average molecular weight is 302 g/mol. The molecular weight excluding hydrogens is 276 g/mol. The summed E-state index contributed by atoms with van der Waals surface area (Å²) in [7, 11) is 0. The normalized spacial score (nSPS) is 12.4. The molecular formula is C18H26N2O2. The van der Waals surface area contributed by atoms with E-state index >= 15 is 0 Å². The number of fused-ring (bicyclic) bond motifs is 1. The Hall–Kier alpha value is -1.97. The summed E-state index contributed by atoms with van der Waals surface area (Å²) in [6.45, 7) is 2.20. The molecule has 3 N–H and O–H groups in total. The average Bonchev–Trinajstić information content (AvgIpc) is 2.92. The number of carboxylic acids is 1. The third-order valence-electron chi connectivity index (χ3n) is 4.06. The summed E-state index contributed by atoms with van der Waals surface area (Å²) >= 11 is 0. The first-order valence-corrected chi connectivity index (χ1v) is 8.28. The number of carbonyl (C=O) groups is 1. The molecule has 4 nitrogen and oxygen atoms in total. The molecule has 0 aliphatic heterocycles. The zero-order valence-corrected chi connectivity index (χ0v) is 13.3. The Morgan fingerprint density at radius 2 is 1.91 bits per heavy atom. The van der Waals surface area contributed by atoms with Crippen LogP contribution in [0.4, 0.5) is 5.69 Å². The second kappa shape index (κ2) is 8.47. The highest BCUT2D eigenvalue weighted by molar-refractivity contribution is 5.93. The van der Waals surface area contributed by atoms with Gasteiger partial charge in [-0.15, -0.1) is 0 Å². The van der Waals surface area contributed by atoms with Gasteiger partial charge in [0.15, 0.2) is 0 Å². The van der Waals surface area contributed by atoms with E-state index < -0.39 is 12.0 Å². The van der Waals surface area contributed by atoms with Gasteiger partial charge in [0.2, 0.25) is 0 Å². The topological polar surface area (TPSA) is 65.1 Å². The Bertz CT molecular complexity index is 592. The quantitative estimate of drug-likeness (QED) is 0.553. The number of aromatic amines is 1. The fraction of sp³-hybridized carbons (Fsp3) is 0.500. The lowest BCUT2D eigenvalue weighted by atomic mass is 10.1. The molecule has 0 aliphatic carbocycles. The maximum atomic E-state index is 11.5. The van der Waals surface area contributed by atoms with Crippen LogP contribution < -0.4 is 5.32 Å². The van der Waals surface area contributed by atoms with Crippen LogP contribution in [0.2, 0.25) is 0 Å². The summed E-state index contributed by atoms with van der Waals surface area (Å²) in [6, 6.07) is 7.39. The molecule has 0 amide bonds. The predicted molar refractivity (Wildman–Crippen MR) is 91.3 cm³/mol. The van der Waals surface area contributed by atoms with E-state index in [0.29, 0.717) is 6.42 Å². The lowest BCUT2D eigenvalue weighted by Crippen LogP contribution is -2.29. The number of rotatable bonds is 10. The SMILES string of the molecule is CCCCCCCCC(Nc1c[nH]c2ccccc12)C(=O)O. The first-order valence-electron chi connectivity index (χ1n) is 8.28. The molecule has 0 saturated heterocycles. The molecule has 2 rings (SSSR count). The fourth-order valence-corrected chi connectivity index (χ4v) is 2.76. The van der Waals surface area contributed by atoms with Crippen molar-refractivity contribution in [2.24, 2.45) is 0 Å². The standard InChI is InChI=1S/C18H26N2O2/c1-2-3-4-5-6-7-12-16(18(21)22)20-17-13-19-15-11-9-8-10-14(15)17/h8-11,13,16,19-20H,2-7,12H2,1H3,(H,21,22). The third-order valence-corrected chi connectivity index (χ3v) is 4.06. The van der Waals surface area contributed by atoms with Crippen molar-refractivity contribution in [3.05, 3.63) is 30.5 Å². The zero-order valence-electron chi connectivity index (χ0n) is 13.3. The number of anilines is 1. The van der Waals surface area contributed by atoms with Crippen molar-refractivity contribution in [3.8, 4) is 0 Å². The summed E-state index contributed by atoms with van der Waals surface area (Å²) < 4.78 is 0. The number of aromatic nitrogens is 1. The Kier molecular flexibility index (Phi) is 6.31. The summed E-state index contributed by atoms with van der Waals surface area (Å²) in [5.74, 6) is -0.779. The summed E-state index contributed by atoms with van der Waals surface area (Å²) in [5, 5.41) is 13.6. The van der Waals surface area contributed by atoms with Crippen LogP contribution >= 0.6 is 0 Å². The highest BCUT2D eigenvalue weighted by Gasteiger charge is 2.18. The molecule has 0 saturated carbocycles. The van der Waals surface area contributed by atoms with Crippen molar-refractivity contribution in [2.75, 3.05) is 5.32 Å². The number of benzene rings is 1. The van der Waals surface area contributed by atoms with E-state index in [1.54, 1.807) is 0 Å². The van der Waals surface area contributed by atoms with E-state index in [-0.39, 0.29) is 0 Å². The van der Waals surface area contributed by atoms with Gasteiger partial charge in [-0.25, -0.2) is 4.79 Å². The first-order chi connectivity index (χ1) is 10.7. The number of H-pyrrole nitrogens is 1. The van der Waals surface area contributed by atoms with E-state index in [1.165, 1.54) is 25.7 Å². The number of para-hydroxylation sites is 1. The minimum atomic E-state index is -0.779. The second-order valence-electron chi connectivity index (χ2n) is 5.84. The van der Waals surface area contributed by atoms with E-state index in [9.17, 15) is 9.90 Å². The third kappa shape index (κ3) is 4.52. The monoisotopic (exact) mass is 302 g/mol. The van der Waals surface area contributed by atoms with Gasteiger partial charge in [-0.3, -0.25) is 0 Å². The Labute approximate surface area is 131 Å². The van der Waals surface area contributed by atoms with E-state index in [1.807, 2.05) is 30.5 Å². The van der Waals surface area contributed by atoms with Crippen molar-refractivity contribution in [1.82, 2.24) is 4.98 Å². The van der Waals surface area contributed by atoms with Gasteiger partial charge in [-0.1, -0.05) is 63.6 Å². The van der Waals surface area contributed by atoms with Crippen molar-refractivity contribution < 1.29 is 9.90 Å². The number of hydrogen-bond acceptors (Lipinski definition) is 2. The van der Waals surface area contributed by atoms with Gasteiger partial charge in [0.1, 0.15) is 6.04 Å². The number of carboxylic acid groups (broad SMARTS) is 1. The Morgan fingerprint density at radius 1 is 1.18 bits per heavy atom. The van der Waals surface area contributed by atoms with Crippen molar-refractivity contribution in [3.63, 3.8) is 0 Å². The highest BCUT2D eigenvalue weighted by Crippen LogP contribution is 2.24. The maximum absolute atomic E-state index is 11.5. The Morgan fingerprint density at radius 3 is 2.68 bits per heavy atom. The summed E-state index contributed by atoms with van der Waals surface area (Å²) in [5.41, 5.74) is 1.89. The summed E-state index contributed by atoms with van der Waals surface area (Å²) in [6.07, 6.45) is 9.55. The van der Waals surface area contributed by atoms with Crippen LogP contribution in [0.5, 0.6) is 0 Å². The van der Waals surface area contributed by atoms with Crippen molar-refractivity contribution in [1.29, 1.82) is 0 Å². The second-order valence-corrected chi connectivity index (χ2v) is 5.84. The van der Waals surface area contributed by atoms with Crippen LogP contribution in [0.1, 0.15) is 51.9 Å². The fourth-order valence-electron chi connectivity index (χ4n) is 2.76. The first kappa shape index (κ1) is 16.4. The molecule has 0 fully saturated rings. The predicted octanol–water partition coefficient (Wildman–Crippen LogP) is 4.78. The van der Waals surface area contributed by atoms with Gasteiger partial charge in [0.05, 0.1) is 5.69 Å². The van der Waals surface area contributed by atoms with Crippen LogP contribution in [-0.2, 0) is 4.79 Å². The largest absolute Gasteiger partial charge is 0.480 e. The van der Waals surface area contributed by atoms with Crippen LogP contribution in [-0.4, -0.2) is 22.1 Å². The molecule has 1 aromatic heterocycles. The number of hydrogen-bond donors (Lipinski definition) is 3. The van der Waals surface area contributed by atoms with E-state index in [4.69, 9.17) is 0 Å². The van der Waals surface area contributed by atoms with Crippen molar-refractivity contribution in [2.45, 2.75) is 57.9 Å². The van der Waals surface area contributed by atoms with Gasteiger partial charge >= 0.3 is 5.97 Å². The molecule has 0 aliphatic rings. The number of aliphatic carboxylic acids is 1. The molecule has 2 aromatic rings. The zero-order chi connectivity index (χ0) is 15.8. The number of nitrogens with one attached hydrogen (secondary N) is 2. The van der Waals surface area contributed by atoms with Crippen LogP contribution in [0, 0.1) is 0 Å². The lowest BCUT2D eigenvalue weighted by Gasteiger charge is -2.15. The number of unbranched alkanes of at least 4 members (excludes halogenated alkanes) is 5. The molecule has 1 unspecified atom stereocenters. The van der Waals surface area contributed by atoms with E-state index in [0.717, 1.165) is 29.4 Å². The molecule has 4 heteroatoms. The minimum absolute atomic E-state index is 0.523. The molecule has 1 aromatic carbocycles. The minimum Gasteiger partial charge on any atom is -0.480 e. The highest BCUT2D eigenvalue weighted by atomic mass is 16.4. The lowest BCUT2D eigenvalue weighted by molar-refractivity contribution is -0.138. The van der Waals surface area contributed by atoms with Crippen LogP contribution in [0.15, 0.2) is 30.5 Å². The maximum Gasteiger partial charge on any atom is 0.326 e. The van der Waals surface area contributed by atoms with Gasteiger partial charge in [0.25, 0.3) is 0 Å². The van der Waals surface area contributed by atoms with Gasteiger partial charge in [-0.2, -0.15) is 0 Å². The van der Waals surface area contributed by atoms with E-state index in [2.05, 4.69) is 17.2 Å². The van der Waals surface area contributed by atoms with Crippen LogP contribution in [0.25, 0.3) is 10.9 Å². The van der Waals surface area contributed by atoms with Gasteiger partial charge < -0.3 is 15.4 Å². The molecule has 1 atom stereocenters. The smallest absolute Gasteiger partial charge is 0.326 e. The molecule has 0 radical (unpaired) electrons. The van der Waals surface area contributed by atoms with Gasteiger partial charge in [-0.05, 0) is 12.5 Å². The van der Waals surface area contributed by atoms with Crippen molar-refractivity contribution >= 4 is 22.6 Å². The summed E-state index contributed by atoms with van der Waals surface area (Å²) in [4.78, 5) is 14.6. The molecule has 1 heterocycles. The Balaban J connectivity index is 1.87.